The van der Waals surface area contributed by atoms with Crippen LogP contribution in [0, 0.1) is 12.7 Å². The largest absolute Gasteiger partial charge is 0.288 e. The fourth-order valence-electron chi connectivity index (χ4n) is 1.32. The Bertz CT molecular complexity index is 511. The predicted octanol–water partition coefficient (Wildman–Crippen LogP) is 4.08. The van der Waals surface area contributed by atoms with E-state index in [2.05, 4.69) is 0 Å². The zero-order valence-electron chi connectivity index (χ0n) is 8.46. The molecule has 4 heteroatoms. The van der Waals surface area contributed by atoms with E-state index in [4.69, 9.17) is 11.6 Å². The molecule has 0 radical (unpaired) electrons. The fraction of sp³-hybridized carbons (Fsp3) is 0.0833. The first-order valence-electron chi connectivity index (χ1n) is 4.64. The molecule has 0 aliphatic heterocycles. The van der Waals surface area contributed by atoms with Gasteiger partial charge >= 0.3 is 0 Å². The van der Waals surface area contributed by atoms with Crippen molar-refractivity contribution in [2.24, 2.45) is 0 Å². The fourth-order valence-corrected chi connectivity index (χ4v) is 2.48. The standard InChI is InChI=1S/C12H8ClFOS/c1-7-6-10(16-12(7)13)11(15)8-2-4-9(14)5-3-8/h2-6H,1H3. The van der Waals surface area contributed by atoms with Crippen molar-refractivity contribution in [1.82, 2.24) is 0 Å². The van der Waals surface area contributed by atoms with Gasteiger partial charge in [0.25, 0.3) is 0 Å². The van der Waals surface area contributed by atoms with Gasteiger partial charge in [-0.1, -0.05) is 11.6 Å². The highest BCUT2D eigenvalue weighted by Gasteiger charge is 2.13. The van der Waals surface area contributed by atoms with Gasteiger partial charge in [-0.15, -0.1) is 11.3 Å². The Morgan fingerprint density at radius 3 is 2.44 bits per heavy atom. The number of aryl methyl sites for hydroxylation is 1. The summed E-state index contributed by atoms with van der Waals surface area (Å²) in [5.41, 5.74) is 1.36. The molecule has 1 heterocycles. The molecular weight excluding hydrogens is 247 g/mol. The highest BCUT2D eigenvalue weighted by atomic mass is 35.5. The van der Waals surface area contributed by atoms with Gasteiger partial charge in [-0.25, -0.2) is 4.39 Å². The van der Waals surface area contributed by atoms with Crippen molar-refractivity contribution in [2.75, 3.05) is 0 Å². The zero-order valence-corrected chi connectivity index (χ0v) is 10.0. The second-order valence-electron chi connectivity index (χ2n) is 3.40. The number of rotatable bonds is 2. The van der Waals surface area contributed by atoms with Gasteiger partial charge in [-0.05, 0) is 42.8 Å². The Labute approximate surface area is 101 Å². The van der Waals surface area contributed by atoms with Crippen molar-refractivity contribution in [1.29, 1.82) is 0 Å². The molecule has 0 N–H and O–H groups in total. The first kappa shape index (κ1) is 11.3. The summed E-state index contributed by atoms with van der Waals surface area (Å²) >= 11 is 7.14. The molecule has 1 aromatic heterocycles. The number of thiophene rings is 1. The van der Waals surface area contributed by atoms with Gasteiger partial charge in [0.2, 0.25) is 5.78 Å². The van der Waals surface area contributed by atoms with Gasteiger partial charge in [0.15, 0.2) is 0 Å². The molecule has 0 saturated heterocycles. The summed E-state index contributed by atoms with van der Waals surface area (Å²) < 4.78 is 13.3. The molecule has 16 heavy (non-hydrogen) atoms. The van der Waals surface area contributed by atoms with Gasteiger partial charge in [0.1, 0.15) is 5.82 Å². The van der Waals surface area contributed by atoms with Crippen molar-refractivity contribution in [3.63, 3.8) is 0 Å². The van der Waals surface area contributed by atoms with Gasteiger partial charge in [0, 0.05) is 5.56 Å². The number of benzene rings is 1. The van der Waals surface area contributed by atoms with Crippen LogP contribution in [0.2, 0.25) is 4.34 Å². The number of hydrogen-bond acceptors (Lipinski definition) is 2. The summed E-state index contributed by atoms with van der Waals surface area (Å²) in [6.07, 6.45) is 0. The Hall–Kier alpha value is -1.19. The lowest BCUT2D eigenvalue weighted by Crippen LogP contribution is -1.98. The highest BCUT2D eigenvalue weighted by molar-refractivity contribution is 7.18. The van der Waals surface area contributed by atoms with E-state index >= 15 is 0 Å². The SMILES string of the molecule is Cc1cc(C(=O)c2ccc(F)cc2)sc1Cl. The van der Waals surface area contributed by atoms with Crippen LogP contribution < -0.4 is 0 Å². The zero-order chi connectivity index (χ0) is 11.7. The quantitative estimate of drug-likeness (QED) is 0.738. The summed E-state index contributed by atoms with van der Waals surface area (Å²) in [6, 6.07) is 7.24. The molecule has 2 rings (SSSR count). The van der Waals surface area contributed by atoms with E-state index in [-0.39, 0.29) is 11.6 Å². The van der Waals surface area contributed by atoms with E-state index < -0.39 is 0 Å². The van der Waals surface area contributed by atoms with Crippen LogP contribution in [0.3, 0.4) is 0 Å². The highest BCUT2D eigenvalue weighted by Crippen LogP contribution is 2.28. The van der Waals surface area contributed by atoms with E-state index in [1.807, 2.05) is 6.92 Å². The monoisotopic (exact) mass is 254 g/mol. The molecule has 0 aliphatic rings. The first-order valence-corrected chi connectivity index (χ1v) is 5.83. The minimum atomic E-state index is -0.350. The van der Waals surface area contributed by atoms with Crippen molar-refractivity contribution in [2.45, 2.75) is 6.92 Å². The predicted molar refractivity (Wildman–Crippen MR) is 63.9 cm³/mol. The first-order chi connectivity index (χ1) is 7.58. The maximum atomic E-state index is 12.7. The van der Waals surface area contributed by atoms with Crippen LogP contribution >= 0.6 is 22.9 Å². The Morgan fingerprint density at radius 2 is 1.94 bits per heavy atom. The van der Waals surface area contributed by atoms with E-state index in [1.54, 1.807) is 6.07 Å². The average Bonchev–Trinajstić information content (AvgIpc) is 2.59. The molecule has 2 aromatic rings. The van der Waals surface area contributed by atoms with E-state index in [9.17, 15) is 9.18 Å². The summed E-state index contributed by atoms with van der Waals surface area (Å²) in [5, 5.41) is 0. The van der Waals surface area contributed by atoms with Gasteiger partial charge < -0.3 is 0 Å². The molecule has 0 bridgehead atoms. The Kier molecular flexibility index (Phi) is 3.08. The Morgan fingerprint density at radius 1 is 1.31 bits per heavy atom. The summed E-state index contributed by atoms with van der Waals surface area (Å²) in [4.78, 5) is 12.5. The number of hydrogen-bond donors (Lipinski definition) is 0. The lowest BCUT2D eigenvalue weighted by molar-refractivity contribution is 0.104. The van der Waals surface area contributed by atoms with Gasteiger partial charge in [0.05, 0.1) is 9.21 Å². The summed E-state index contributed by atoms with van der Waals surface area (Å²) in [5.74, 6) is -0.475. The van der Waals surface area contributed by atoms with Crippen LogP contribution in [0.5, 0.6) is 0 Å². The molecule has 0 atom stereocenters. The Balaban J connectivity index is 2.35. The van der Waals surface area contributed by atoms with Crippen molar-refractivity contribution in [3.8, 4) is 0 Å². The van der Waals surface area contributed by atoms with Gasteiger partial charge in [-0.3, -0.25) is 4.79 Å². The second kappa shape index (κ2) is 4.36. The lowest BCUT2D eigenvalue weighted by atomic mass is 10.1. The van der Waals surface area contributed by atoms with E-state index in [0.717, 1.165) is 5.56 Å². The van der Waals surface area contributed by atoms with Crippen LogP contribution in [-0.2, 0) is 0 Å². The molecule has 0 amide bonds. The third-order valence-electron chi connectivity index (χ3n) is 2.19. The topological polar surface area (TPSA) is 17.1 Å². The lowest BCUT2D eigenvalue weighted by Gasteiger charge is -1.97. The third kappa shape index (κ3) is 2.15. The average molecular weight is 255 g/mol. The molecule has 82 valence electrons. The van der Waals surface area contributed by atoms with E-state index in [0.29, 0.717) is 14.8 Å². The molecule has 0 fully saturated rings. The molecule has 1 aromatic carbocycles. The number of halogens is 2. The minimum Gasteiger partial charge on any atom is -0.288 e. The van der Waals surface area contributed by atoms with E-state index in [1.165, 1.54) is 35.6 Å². The minimum absolute atomic E-state index is 0.125. The smallest absolute Gasteiger partial charge is 0.203 e. The third-order valence-corrected chi connectivity index (χ3v) is 3.74. The maximum Gasteiger partial charge on any atom is 0.203 e. The normalized spacial score (nSPS) is 10.4. The maximum absolute atomic E-state index is 12.7. The van der Waals surface area contributed by atoms with Crippen molar-refractivity contribution < 1.29 is 9.18 Å². The van der Waals surface area contributed by atoms with Crippen LogP contribution in [0.15, 0.2) is 30.3 Å². The summed E-state index contributed by atoms with van der Waals surface area (Å²) in [7, 11) is 0. The number of carbonyl (C=O) groups is 1. The van der Waals surface area contributed by atoms with Gasteiger partial charge in [-0.2, -0.15) is 0 Å². The van der Waals surface area contributed by atoms with Crippen LogP contribution in [0.25, 0.3) is 0 Å². The van der Waals surface area contributed by atoms with Crippen molar-refractivity contribution in [3.05, 3.63) is 56.5 Å². The van der Waals surface area contributed by atoms with Crippen LogP contribution in [0.1, 0.15) is 20.8 Å². The number of carbonyl (C=O) groups excluding carboxylic acids is 1. The number of ketones is 1. The summed E-state index contributed by atoms with van der Waals surface area (Å²) in [6.45, 7) is 1.85. The molecule has 0 aliphatic carbocycles. The molecule has 0 spiro atoms. The molecule has 0 unspecified atom stereocenters. The molecule has 1 nitrogen and oxygen atoms in total. The van der Waals surface area contributed by atoms with Crippen LogP contribution in [0.4, 0.5) is 4.39 Å². The molecular formula is C12H8ClFOS. The van der Waals surface area contributed by atoms with Crippen molar-refractivity contribution >= 4 is 28.7 Å². The molecule has 0 saturated carbocycles. The second-order valence-corrected chi connectivity index (χ2v) is 5.06. The van der Waals surface area contributed by atoms with Crippen LogP contribution in [-0.4, -0.2) is 5.78 Å².